The van der Waals surface area contributed by atoms with E-state index in [-0.39, 0.29) is 23.5 Å². The van der Waals surface area contributed by atoms with E-state index in [4.69, 9.17) is 4.74 Å². The van der Waals surface area contributed by atoms with Crippen LogP contribution in [0.1, 0.15) is 36.2 Å². The van der Waals surface area contributed by atoms with Crippen LogP contribution < -0.4 is 10.9 Å². The number of carbonyl (C=O) groups excluding carboxylic acids is 2. The fraction of sp³-hybridized carbons (Fsp3) is 0.258. The molecule has 0 bridgehead atoms. The normalized spacial score (nSPS) is 15.9. The van der Waals surface area contributed by atoms with Gasteiger partial charge in [-0.2, -0.15) is 4.31 Å². The van der Waals surface area contributed by atoms with Crippen molar-refractivity contribution in [3.05, 3.63) is 112 Å². The fourth-order valence-corrected chi connectivity index (χ4v) is 6.88. The Hall–Kier alpha value is -4.48. The Morgan fingerprint density at radius 1 is 0.976 bits per heavy atom. The predicted molar refractivity (Wildman–Crippen MR) is 158 cm³/mol. The largest absolute Gasteiger partial charge is 0.452 e. The maximum Gasteiger partial charge on any atom is 0.308 e. The molecule has 5 rings (SSSR count). The Labute approximate surface area is 244 Å². The molecular formula is C31H32N4O6S. The summed E-state index contributed by atoms with van der Waals surface area (Å²) in [7, 11) is -2.20. The van der Waals surface area contributed by atoms with Crippen molar-refractivity contribution in [3.63, 3.8) is 0 Å². The Balaban J connectivity index is 1.34. The highest BCUT2D eigenvalue weighted by Gasteiger charge is 2.38. The number of carbonyl (C=O) groups is 2. The summed E-state index contributed by atoms with van der Waals surface area (Å²) in [6.45, 7) is 3.31. The number of nitrogens with one attached hydrogen (secondary N) is 1. The van der Waals surface area contributed by atoms with Crippen molar-refractivity contribution in [1.82, 2.24) is 13.7 Å². The van der Waals surface area contributed by atoms with Crippen LogP contribution in [-0.2, 0) is 37.8 Å². The van der Waals surface area contributed by atoms with Gasteiger partial charge in [0.15, 0.2) is 6.10 Å². The summed E-state index contributed by atoms with van der Waals surface area (Å²) >= 11 is 0. The Morgan fingerprint density at radius 3 is 2.29 bits per heavy atom. The average molecular weight is 589 g/mol. The molecule has 218 valence electrons. The summed E-state index contributed by atoms with van der Waals surface area (Å²) < 4.78 is 37.1. The van der Waals surface area contributed by atoms with E-state index >= 15 is 0 Å². The van der Waals surface area contributed by atoms with Gasteiger partial charge in [-0.3, -0.25) is 19.1 Å². The molecule has 0 saturated heterocycles. The maximum absolute atomic E-state index is 13.6. The lowest BCUT2D eigenvalue weighted by atomic mass is 9.92. The van der Waals surface area contributed by atoms with Gasteiger partial charge >= 0.3 is 5.97 Å². The molecule has 0 fully saturated rings. The lowest BCUT2D eigenvalue weighted by Crippen LogP contribution is -2.41. The molecule has 1 N–H and O–H groups in total. The van der Waals surface area contributed by atoms with Gasteiger partial charge in [-0.1, -0.05) is 60.7 Å². The highest BCUT2D eigenvalue weighted by Crippen LogP contribution is 2.36. The quantitative estimate of drug-likeness (QED) is 0.313. The van der Waals surface area contributed by atoms with Crippen LogP contribution in [0.15, 0.2) is 94.6 Å². The zero-order valence-electron chi connectivity index (χ0n) is 23.6. The second-order valence-corrected chi connectivity index (χ2v) is 12.0. The maximum atomic E-state index is 13.6. The lowest BCUT2D eigenvalue weighted by Gasteiger charge is -2.36. The smallest absolute Gasteiger partial charge is 0.308 e. The van der Waals surface area contributed by atoms with Gasteiger partial charge in [0.05, 0.1) is 28.7 Å². The van der Waals surface area contributed by atoms with Gasteiger partial charge in [-0.05, 0) is 55.7 Å². The molecule has 1 aliphatic rings. The molecule has 1 aromatic heterocycles. The third kappa shape index (κ3) is 5.53. The zero-order chi connectivity index (χ0) is 30.0. The zero-order valence-corrected chi connectivity index (χ0v) is 24.4. The van der Waals surface area contributed by atoms with E-state index in [1.807, 2.05) is 24.3 Å². The van der Waals surface area contributed by atoms with E-state index in [1.54, 1.807) is 67.2 Å². The van der Waals surface area contributed by atoms with Crippen molar-refractivity contribution >= 4 is 27.6 Å². The fourth-order valence-electron chi connectivity index (χ4n) is 5.25. The second-order valence-electron chi connectivity index (χ2n) is 10.2. The minimum Gasteiger partial charge on any atom is -0.452 e. The van der Waals surface area contributed by atoms with Crippen LogP contribution in [0, 0.1) is 6.92 Å². The van der Waals surface area contributed by atoms with Crippen molar-refractivity contribution < 1.29 is 22.7 Å². The van der Waals surface area contributed by atoms with E-state index < -0.39 is 39.6 Å². The molecule has 42 heavy (non-hydrogen) atoms. The van der Waals surface area contributed by atoms with Crippen molar-refractivity contribution in [2.45, 2.75) is 43.7 Å². The number of ether oxygens (including phenoxy) is 1. The molecule has 2 heterocycles. The van der Waals surface area contributed by atoms with Gasteiger partial charge in [-0.25, -0.2) is 13.1 Å². The van der Waals surface area contributed by atoms with Crippen LogP contribution in [0.25, 0.3) is 5.69 Å². The predicted octanol–water partition coefficient (Wildman–Crippen LogP) is 3.73. The molecule has 2 atom stereocenters. The van der Waals surface area contributed by atoms with Crippen molar-refractivity contribution in [3.8, 4) is 5.69 Å². The summed E-state index contributed by atoms with van der Waals surface area (Å²) in [5.74, 6) is -1.41. The van der Waals surface area contributed by atoms with E-state index in [1.165, 1.54) is 28.0 Å². The van der Waals surface area contributed by atoms with Crippen LogP contribution in [0.3, 0.4) is 0 Å². The van der Waals surface area contributed by atoms with E-state index in [0.29, 0.717) is 17.8 Å². The second kappa shape index (κ2) is 11.8. The van der Waals surface area contributed by atoms with E-state index in [0.717, 1.165) is 11.1 Å². The number of nitrogens with zero attached hydrogens (tertiary/aromatic N) is 3. The number of anilines is 1. The molecule has 4 aromatic rings. The molecule has 0 saturated carbocycles. The summed E-state index contributed by atoms with van der Waals surface area (Å²) in [4.78, 5) is 39.5. The first-order valence-electron chi connectivity index (χ1n) is 13.6. The first-order chi connectivity index (χ1) is 20.1. The molecular weight excluding hydrogens is 556 g/mol. The number of esters is 1. The number of aromatic nitrogens is 2. The van der Waals surface area contributed by atoms with Crippen molar-refractivity contribution in [2.24, 2.45) is 7.05 Å². The third-order valence-corrected chi connectivity index (χ3v) is 9.48. The van der Waals surface area contributed by atoms with Gasteiger partial charge in [0.2, 0.25) is 10.0 Å². The minimum atomic E-state index is -3.91. The Kier molecular flexibility index (Phi) is 8.15. The number of amides is 1. The molecule has 1 amide bonds. The Morgan fingerprint density at radius 2 is 1.60 bits per heavy atom. The van der Waals surface area contributed by atoms with Crippen LogP contribution in [0.2, 0.25) is 0 Å². The highest BCUT2D eigenvalue weighted by molar-refractivity contribution is 7.89. The summed E-state index contributed by atoms with van der Waals surface area (Å²) in [6.07, 6.45) is -1.02. The Bertz CT molecular complexity index is 1780. The third-order valence-electron chi connectivity index (χ3n) is 7.55. The summed E-state index contributed by atoms with van der Waals surface area (Å²) in [6, 6.07) is 23.7. The van der Waals surface area contributed by atoms with E-state index in [9.17, 15) is 22.8 Å². The molecule has 0 aliphatic carbocycles. The average Bonchev–Trinajstić information content (AvgIpc) is 3.20. The van der Waals surface area contributed by atoms with Crippen molar-refractivity contribution in [1.29, 1.82) is 0 Å². The first kappa shape index (κ1) is 29.0. The molecule has 3 aromatic carbocycles. The number of hydrogen-bond acceptors (Lipinski definition) is 6. The van der Waals surface area contributed by atoms with Crippen molar-refractivity contribution in [2.75, 3.05) is 11.9 Å². The monoisotopic (exact) mass is 588 g/mol. The molecule has 0 radical (unpaired) electrons. The number of benzene rings is 3. The van der Waals surface area contributed by atoms with E-state index in [2.05, 4.69) is 5.32 Å². The van der Waals surface area contributed by atoms with Gasteiger partial charge in [0, 0.05) is 13.6 Å². The SMILES string of the molecule is Cc1c(NC(=O)[C@H](C)OC(=O)C[C@@H]2c3ccccc3CCN2S(=O)(=O)c2ccccc2)c(=O)n(-c2ccccc2)n1C. The molecule has 0 spiro atoms. The van der Waals surface area contributed by atoms with Gasteiger partial charge in [-0.15, -0.1) is 0 Å². The first-order valence-corrected chi connectivity index (χ1v) is 15.0. The minimum absolute atomic E-state index is 0.0792. The number of rotatable bonds is 8. The number of hydrogen-bond donors (Lipinski definition) is 1. The summed E-state index contributed by atoms with van der Waals surface area (Å²) in [5, 5.41) is 2.61. The molecule has 11 heteroatoms. The van der Waals surface area contributed by atoms with Gasteiger partial charge in [0.25, 0.3) is 11.5 Å². The van der Waals surface area contributed by atoms with Gasteiger partial charge < -0.3 is 10.1 Å². The standard InChI is InChI=1S/C31H32N4O6S/c1-21-29(31(38)35(33(21)3)24-13-6-4-7-14-24)32-30(37)22(2)41-28(36)20-27-26-17-11-10-12-23(26)18-19-34(27)42(39,40)25-15-8-5-9-16-25/h4-17,22,27H,18-20H2,1-3H3,(H,32,37)/t22-,27+/m0/s1. The van der Waals surface area contributed by atoms with Gasteiger partial charge in [0.1, 0.15) is 5.69 Å². The molecule has 10 nitrogen and oxygen atoms in total. The molecule has 0 unspecified atom stereocenters. The number of fused-ring (bicyclic) bond motifs is 1. The van der Waals surface area contributed by atoms with Crippen LogP contribution in [-0.4, -0.2) is 46.6 Å². The number of sulfonamides is 1. The topological polar surface area (TPSA) is 120 Å². The van der Waals surface area contributed by atoms with Crippen LogP contribution in [0.4, 0.5) is 5.69 Å². The van der Waals surface area contributed by atoms with Crippen LogP contribution in [0.5, 0.6) is 0 Å². The number of para-hydroxylation sites is 1. The lowest BCUT2D eigenvalue weighted by molar-refractivity contribution is -0.154. The summed E-state index contributed by atoms with van der Waals surface area (Å²) in [5.41, 5.74) is 2.49. The highest BCUT2D eigenvalue weighted by atomic mass is 32.2. The van der Waals surface area contributed by atoms with Crippen LogP contribution >= 0.6 is 0 Å². The molecule has 1 aliphatic heterocycles.